The number of carbonyl (C=O) groups excluding carboxylic acids is 1. The first kappa shape index (κ1) is 13.8. The first-order valence-electron chi connectivity index (χ1n) is 5.51. The lowest BCUT2D eigenvalue weighted by Gasteiger charge is -2.01. The fourth-order valence-electron chi connectivity index (χ4n) is 1.60. The molecule has 7 heteroatoms. The number of H-pyrrole nitrogens is 1. The zero-order chi connectivity index (χ0) is 13.7. The largest absolute Gasteiger partial charge is 0.462 e. The van der Waals surface area contributed by atoms with Crippen molar-refractivity contribution in [2.45, 2.75) is 20.8 Å². The van der Waals surface area contributed by atoms with Gasteiger partial charge in [0.1, 0.15) is 5.69 Å². The average molecular weight is 252 g/mol. The fourth-order valence-corrected chi connectivity index (χ4v) is 1.60. The highest BCUT2D eigenvalue weighted by atomic mass is 16.5. The summed E-state index contributed by atoms with van der Waals surface area (Å²) in [4.78, 5) is 14.8. The number of rotatable bonds is 4. The predicted molar refractivity (Wildman–Crippen MR) is 68.2 cm³/mol. The molecule has 1 heterocycles. The van der Waals surface area contributed by atoms with Crippen LogP contribution < -0.4 is 16.6 Å². The Bertz CT molecular complexity index is 498. The number of nitrogens with one attached hydrogen (secondary N) is 2. The van der Waals surface area contributed by atoms with Crippen molar-refractivity contribution in [2.75, 3.05) is 6.61 Å². The Hall–Kier alpha value is -2.31. The van der Waals surface area contributed by atoms with E-state index in [4.69, 9.17) is 16.2 Å². The van der Waals surface area contributed by atoms with Gasteiger partial charge < -0.3 is 21.2 Å². The van der Waals surface area contributed by atoms with Gasteiger partial charge in [0.15, 0.2) is 0 Å². The lowest BCUT2D eigenvalue weighted by molar-refractivity contribution is -0.456. The van der Waals surface area contributed by atoms with Crippen molar-refractivity contribution >= 4 is 18.1 Å². The Morgan fingerprint density at radius 1 is 1.50 bits per heavy atom. The number of carbonyl (C=O) groups is 1. The molecule has 6 N–H and O–H groups in total. The molecule has 0 radical (unpaired) electrons. The molecule has 0 saturated carbocycles. The molecule has 1 aromatic rings. The van der Waals surface area contributed by atoms with Crippen molar-refractivity contribution in [2.24, 2.45) is 16.6 Å². The standard InChI is InChI=1S/C11H17N5O2/c1-4-18-10(17)9-6(2)8(15-7(9)3)5-14-16-11(12)13/h5,15H,4H2,1-3H3,(H4,12,13,16)/p+1/b14-5+. The number of guanidine groups is 1. The normalized spacial score (nSPS) is 10.6. The minimum atomic E-state index is -0.342. The minimum absolute atomic E-state index is 0.0715. The number of nitrogens with two attached hydrogens (primary N) is 2. The quantitative estimate of drug-likeness (QED) is 0.225. The van der Waals surface area contributed by atoms with Gasteiger partial charge in [-0.25, -0.2) is 4.79 Å². The molecule has 1 aromatic heterocycles. The van der Waals surface area contributed by atoms with Crippen LogP contribution in [0.5, 0.6) is 0 Å². The minimum Gasteiger partial charge on any atom is -0.462 e. The maximum absolute atomic E-state index is 11.7. The number of aromatic amines is 1. The van der Waals surface area contributed by atoms with Gasteiger partial charge in [-0.2, -0.15) is 0 Å². The number of hydrazone groups is 1. The molecule has 18 heavy (non-hydrogen) atoms. The third-order valence-corrected chi connectivity index (χ3v) is 2.36. The lowest BCUT2D eigenvalue weighted by atomic mass is 10.1. The molecule has 0 spiro atoms. The third kappa shape index (κ3) is 3.09. The molecule has 0 fully saturated rings. The van der Waals surface area contributed by atoms with E-state index in [1.807, 2.05) is 6.92 Å². The second kappa shape index (κ2) is 5.85. The van der Waals surface area contributed by atoms with Crippen LogP contribution in [0.1, 0.15) is 34.2 Å². The van der Waals surface area contributed by atoms with Gasteiger partial charge in [-0.1, -0.05) is 0 Å². The van der Waals surface area contributed by atoms with Gasteiger partial charge in [-0.15, -0.1) is 5.10 Å². The summed E-state index contributed by atoms with van der Waals surface area (Å²) >= 11 is 0. The topological polar surface area (TPSA) is 120 Å². The number of nitrogens with zero attached hydrogens (tertiary/aromatic N) is 1. The maximum Gasteiger partial charge on any atom is 0.340 e. The van der Waals surface area contributed by atoms with E-state index >= 15 is 0 Å². The van der Waals surface area contributed by atoms with E-state index in [1.54, 1.807) is 20.1 Å². The lowest BCUT2D eigenvalue weighted by Crippen LogP contribution is -2.64. The number of aryl methyl sites for hydroxylation is 1. The average Bonchev–Trinajstić information content (AvgIpc) is 2.54. The molecule has 0 aliphatic rings. The van der Waals surface area contributed by atoms with E-state index in [-0.39, 0.29) is 11.9 Å². The molecule has 0 aliphatic carbocycles. The summed E-state index contributed by atoms with van der Waals surface area (Å²) in [6.45, 7) is 5.73. The second-order valence-corrected chi connectivity index (χ2v) is 3.69. The fraction of sp³-hybridized carbons (Fsp3) is 0.364. The van der Waals surface area contributed by atoms with Crippen molar-refractivity contribution in [3.8, 4) is 0 Å². The van der Waals surface area contributed by atoms with Crippen molar-refractivity contribution in [1.29, 1.82) is 0 Å². The molecule has 1 rings (SSSR count). The summed E-state index contributed by atoms with van der Waals surface area (Å²) in [5, 5.41) is 6.19. The second-order valence-electron chi connectivity index (χ2n) is 3.69. The molecule has 0 atom stereocenters. The highest BCUT2D eigenvalue weighted by Crippen LogP contribution is 2.17. The van der Waals surface area contributed by atoms with Crippen molar-refractivity contribution < 1.29 is 14.6 Å². The van der Waals surface area contributed by atoms with Gasteiger partial charge in [-0.05, 0) is 26.3 Å². The van der Waals surface area contributed by atoms with E-state index in [0.29, 0.717) is 12.2 Å². The first-order chi connectivity index (χ1) is 8.47. The molecule has 0 bridgehead atoms. The van der Waals surface area contributed by atoms with E-state index in [2.05, 4.69) is 15.2 Å². The molecule has 0 amide bonds. The Labute approximate surface area is 105 Å². The molecule has 0 unspecified atom stereocenters. The van der Waals surface area contributed by atoms with Crippen molar-refractivity contribution in [1.82, 2.24) is 4.98 Å². The molecule has 7 nitrogen and oxygen atoms in total. The van der Waals surface area contributed by atoms with Gasteiger partial charge in [0, 0.05) is 10.8 Å². The molecule has 0 saturated heterocycles. The van der Waals surface area contributed by atoms with E-state index in [0.717, 1.165) is 17.0 Å². The van der Waals surface area contributed by atoms with Crippen LogP contribution in [-0.4, -0.2) is 29.7 Å². The molecule has 0 aromatic carbocycles. The van der Waals surface area contributed by atoms with Crippen molar-refractivity contribution in [3.05, 3.63) is 22.5 Å². The van der Waals surface area contributed by atoms with E-state index in [1.165, 1.54) is 0 Å². The van der Waals surface area contributed by atoms with Crippen LogP contribution in [0.4, 0.5) is 0 Å². The summed E-state index contributed by atoms with van der Waals surface area (Å²) in [5.41, 5.74) is 13.1. The third-order valence-electron chi connectivity index (χ3n) is 2.36. The summed E-state index contributed by atoms with van der Waals surface area (Å²) in [7, 11) is 0. The zero-order valence-corrected chi connectivity index (χ0v) is 10.7. The van der Waals surface area contributed by atoms with Crippen LogP contribution in [0.3, 0.4) is 0 Å². The van der Waals surface area contributed by atoms with Gasteiger partial charge in [0.25, 0.3) is 5.96 Å². The highest BCUT2D eigenvalue weighted by molar-refractivity contribution is 5.95. The monoisotopic (exact) mass is 252 g/mol. The zero-order valence-electron chi connectivity index (χ0n) is 10.7. The van der Waals surface area contributed by atoms with E-state index < -0.39 is 0 Å². The predicted octanol–water partition coefficient (Wildman–Crippen LogP) is -1.50. The Morgan fingerprint density at radius 3 is 2.72 bits per heavy atom. The molecule has 0 aliphatic heterocycles. The van der Waals surface area contributed by atoms with Gasteiger partial charge in [0.05, 0.1) is 12.2 Å². The number of aromatic nitrogens is 1. The highest BCUT2D eigenvalue weighted by Gasteiger charge is 2.19. The summed E-state index contributed by atoms with van der Waals surface area (Å²) in [6.07, 6.45) is 1.57. The summed E-state index contributed by atoms with van der Waals surface area (Å²) in [6, 6.07) is 0. The van der Waals surface area contributed by atoms with Crippen LogP contribution in [0, 0.1) is 13.8 Å². The van der Waals surface area contributed by atoms with Crippen LogP contribution in [0.2, 0.25) is 0 Å². The van der Waals surface area contributed by atoms with Gasteiger partial charge >= 0.3 is 5.97 Å². The maximum atomic E-state index is 11.7. The molecular formula is C11H18N5O2+. The SMILES string of the molecule is CCOC(=O)c1c(C)[nH]c(/C=[NH+]/N=C(N)N)c1C. The number of ether oxygens (including phenoxy) is 1. The van der Waals surface area contributed by atoms with Crippen LogP contribution in [0.25, 0.3) is 0 Å². The Kier molecular flexibility index (Phi) is 4.47. The summed E-state index contributed by atoms with van der Waals surface area (Å²) in [5.74, 6) is -0.414. The molecular weight excluding hydrogens is 234 g/mol. The van der Waals surface area contributed by atoms with Crippen LogP contribution in [-0.2, 0) is 4.74 Å². The number of esters is 1. The van der Waals surface area contributed by atoms with Gasteiger partial charge in [-0.3, -0.25) is 0 Å². The first-order valence-corrected chi connectivity index (χ1v) is 5.51. The smallest absolute Gasteiger partial charge is 0.340 e. The van der Waals surface area contributed by atoms with E-state index in [9.17, 15) is 4.79 Å². The van der Waals surface area contributed by atoms with Crippen molar-refractivity contribution in [3.63, 3.8) is 0 Å². The number of hydrogen-bond donors (Lipinski definition) is 4. The Balaban J connectivity index is 3.04. The van der Waals surface area contributed by atoms with Crippen LogP contribution >= 0.6 is 0 Å². The molecule has 98 valence electrons. The number of hydrogen-bond acceptors (Lipinski definition) is 3. The van der Waals surface area contributed by atoms with Gasteiger partial charge in [0.2, 0.25) is 6.21 Å². The Morgan fingerprint density at radius 2 is 2.17 bits per heavy atom. The summed E-state index contributed by atoms with van der Waals surface area (Å²) < 4.78 is 4.98. The van der Waals surface area contributed by atoms with Crippen LogP contribution in [0.15, 0.2) is 5.10 Å².